The Morgan fingerprint density at radius 1 is 0.852 bits per heavy atom. The van der Waals surface area contributed by atoms with Gasteiger partial charge in [0.25, 0.3) is 5.91 Å². The van der Waals surface area contributed by atoms with Crippen LogP contribution in [0.1, 0.15) is 22.8 Å². The zero-order valence-electron chi connectivity index (χ0n) is 14.7. The SMILES string of the molecule is C[C@H](Oc1ccc(C(=O)c2ccccc2)cc1)C(=O)Nc1ccc(F)cc1. The summed E-state index contributed by atoms with van der Waals surface area (Å²) in [7, 11) is 0. The van der Waals surface area contributed by atoms with Gasteiger partial charge in [-0.2, -0.15) is 0 Å². The van der Waals surface area contributed by atoms with Crippen molar-refractivity contribution in [1.29, 1.82) is 0 Å². The van der Waals surface area contributed by atoms with Gasteiger partial charge in [0, 0.05) is 16.8 Å². The van der Waals surface area contributed by atoms with Gasteiger partial charge in [-0.15, -0.1) is 0 Å². The Kier molecular flexibility index (Phi) is 5.61. The number of ketones is 1. The summed E-state index contributed by atoms with van der Waals surface area (Å²) in [5.74, 6) is -0.334. The lowest BCUT2D eigenvalue weighted by atomic mass is 10.0. The van der Waals surface area contributed by atoms with Crippen LogP contribution in [0.3, 0.4) is 0 Å². The van der Waals surface area contributed by atoms with E-state index in [-0.39, 0.29) is 17.5 Å². The second-order valence-corrected chi connectivity index (χ2v) is 5.98. The fraction of sp³-hybridized carbons (Fsp3) is 0.0909. The van der Waals surface area contributed by atoms with Gasteiger partial charge in [-0.25, -0.2) is 4.39 Å². The van der Waals surface area contributed by atoms with Crippen molar-refractivity contribution >= 4 is 17.4 Å². The Morgan fingerprint density at radius 2 is 1.44 bits per heavy atom. The highest BCUT2D eigenvalue weighted by Crippen LogP contribution is 2.17. The van der Waals surface area contributed by atoms with Crippen molar-refractivity contribution in [2.75, 3.05) is 5.32 Å². The number of amides is 1. The number of anilines is 1. The van der Waals surface area contributed by atoms with E-state index in [9.17, 15) is 14.0 Å². The highest BCUT2D eigenvalue weighted by molar-refractivity contribution is 6.09. The molecule has 0 aliphatic heterocycles. The first-order valence-corrected chi connectivity index (χ1v) is 8.46. The molecule has 0 unspecified atom stereocenters. The van der Waals surface area contributed by atoms with Crippen LogP contribution in [0.15, 0.2) is 78.9 Å². The summed E-state index contributed by atoms with van der Waals surface area (Å²) in [5, 5.41) is 2.66. The van der Waals surface area contributed by atoms with Crippen molar-refractivity contribution in [3.63, 3.8) is 0 Å². The van der Waals surface area contributed by atoms with Gasteiger partial charge in [0.05, 0.1) is 0 Å². The van der Waals surface area contributed by atoms with Gasteiger partial charge in [0.2, 0.25) is 0 Å². The maximum absolute atomic E-state index is 12.9. The van der Waals surface area contributed by atoms with Crippen molar-refractivity contribution in [3.8, 4) is 5.75 Å². The second-order valence-electron chi connectivity index (χ2n) is 5.98. The molecule has 1 atom stereocenters. The maximum atomic E-state index is 12.9. The van der Waals surface area contributed by atoms with Crippen molar-refractivity contribution in [2.24, 2.45) is 0 Å². The first kappa shape index (κ1) is 18.3. The van der Waals surface area contributed by atoms with Crippen LogP contribution in [0.5, 0.6) is 5.75 Å². The highest BCUT2D eigenvalue weighted by atomic mass is 19.1. The first-order valence-electron chi connectivity index (χ1n) is 8.46. The molecule has 0 fully saturated rings. The van der Waals surface area contributed by atoms with E-state index in [0.29, 0.717) is 22.6 Å². The number of ether oxygens (including phenoxy) is 1. The molecule has 136 valence electrons. The van der Waals surface area contributed by atoms with Gasteiger partial charge in [-0.05, 0) is 55.5 Å². The zero-order chi connectivity index (χ0) is 19.2. The van der Waals surface area contributed by atoms with E-state index in [2.05, 4.69) is 5.32 Å². The average Bonchev–Trinajstić information content (AvgIpc) is 2.70. The minimum atomic E-state index is -0.759. The number of halogens is 1. The molecule has 4 nitrogen and oxygen atoms in total. The molecule has 0 radical (unpaired) electrons. The number of nitrogens with one attached hydrogen (secondary N) is 1. The number of benzene rings is 3. The molecule has 0 saturated heterocycles. The number of hydrogen-bond donors (Lipinski definition) is 1. The Bertz CT molecular complexity index is 922. The summed E-state index contributed by atoms with van der Waals surface area (Å²) in [4.78, 5) is 24.6. The standard InChI is InChI=1S/C22H18FNO3/c1-15(22(26)24-19-11-9-18(23)10-12-19)27-20-13-7-17(8-14-20)21(25)16-5-3-2-4-6-16/h2-15H,1H3,(H,24,26)/t15-/m0/s1. The molecule has 3 rings (SSSR count). The van der Waals surface area contributed by atoms with Crippen LogP contribution in [-0.4, -0.2) is 17.8 Å². The van der Waals surface area contributed by atoms with Gasteiger partial charge in [0.15, 0.2) is 11.9 Å². The minimum absolute atomic E-state index is 0.0794. The predicted octanol–water partition coefficient (Wildman–Crippen LogP) is 4.46. The summed E-state index contributed by atoms with van der Waals surface area (Å²) in [5.41, 5.74) is 1.64. The lowest BCUT2D eigenvalue weighted by Crippen LogP contribution is -2.30. The molecule has 1 amide bonds. The number of hydrogen-bond acceptors (Lipinski definition) is 3. The molecule has 0 heterocycles. The lowest BCUT2D eigenvalue weighted by Gasteiger charge is -2.15. The number of carbonyl (C=O) groups excluding carboxylic acids is 2. The van der Waals surface area contributed by atoms with Crippen LogP contribution >= 0.6 is 0 Å². The van der Waals surface area contributed by atoms with Crippen LogP contribution in [-0.2, 0) is 4.79 Å². The molecule has 3 aromatic carbocycles. The number of rotatable bonds is 6. The zero-order valence-corrected chi connectivity index (χ0v) is 14.7. The third kappa shape index (κ3) is 4.79. The number of carbonyl (C=O) groups is 2. The van der Waals surface area contributed by atoms with Crippen LogP contribution < -0.4 is 10.1 Å². The van der Waals surface area contributed by atoms with E-state index in [1.165, 1.54) is 24.3 Å². The molecule has 1 N–H and O–H groups in total. The van der Waals surface area contributed by atoms with Gasteiger partial charge in [0.1, 0.15) is 11.6 Å². The molecular formula is C22H18FNO3. The summed E-state index contributed by atoms with van der Waals surface area (Å²) in [6, 6.07) is 21.1. The van der Waals surface area contributed by atoms with Gasteiger partial charge in [-0.1, -0.05) is 30.3 Å². The van der Waals surface area contributed by atoms with E-state index in [4.69, 9.17) is 4.74 Å². The Morgan fingerprint density at radius 3 is 2.07 bits per heavy atom. The Labute approximate surface area is 156 Å². The monoisotopic (exact) mass is 363 g/mol. The quantitative estimate of drug-likeness (QED) is 0.658. The molecule has 0 aromatic heterocycles. The smallest absolute Gasteiger partial charge is 0.265 e. The van der Waals surface area contributed by atoms with Crippen molar-refractivity contribution in [1.82, 2.24) is 0 Å². The summed E-state index contributed by atoms with van der Waals surface area (Å²) >= 11 is 0. The van der Waals surface area contributed by atoms with Crippen LogP contribution in [0, 0.1) is 5.82 Å². The van der Waals surface area contributed by atoms with Crippen molar-refractivity contribution in [3.05, 3.63) is 95.8 Å². The van der Waals surface area contributed by atoms with Gasteiger partial charge < -0.3 is 10.1 Å². The van der Waals surface area contributed by atoms with Gasteiger partial charge in [-0.3, -0.25) is 9.59 Å². The largest absolute Gasteiger partial charge is 0.481 e. The Balaban J connectivity index is 1.61. The van der Waals surface area contributed by atoms with Crippen LogP contribution in [0.2, 0.25) is 0 Å². The molecule has 0 aliphatic rings. The third-order valence-corrected chi connectivity index (χ3v) is 3.95. The molecule has 27 heavy (non-hydrogen) atoms. The van der Waals surface area contributed by atoms with E-state index in [0.717, 1.165) is 0 Å². The minimum Gasteiger partial charge on any atom is -0.481 e. The van der Waals surface area contributed by atoms with Gasteiger partial charge >= 0.3 is 0 Å². The molecule has 0 bridgehead atoms. The van der Waals surface area contributed by atoms with E-state index in [1.54, 1.807) is 43.3 Å². The molecular weight excluding hydrogens is 345 g/mol. The summed E-state index contributed by atoms with van der Waals surface area (Å²) < 4.78 is 18.5. The molecule has 3 aromatic rings. The van der Waals surface area contributed by atoms with Crippen LogP contribution in [0.4, 0.5) is 10.1 Å². The predicted molar refractivity (Wildman–Crippen MR) is 101 cm³/mol. The lowest BCUT2D eigenvalue weighted by molar-refractivity contribution is -0.122. The van der Waals surface area contributed by atoms with E-state index < -0.39 is 6.10 Å². The summed E-state index contributed by atoms with van der Waals surface area (Å²) in [6.45, 7) is 1.61. The van der Waals surface area contributed by atoms with Crippen LogP contribution in [0.25, 0.3) is 0 Å². The highest BCUT2D eigenvalue weighted by Gasteiger charge is 2.15. The second kappa shape index (κ2) is 8.27. The fourth-order valence-electron chi connectivity index (χ4n) is 2.48. The van der Waals surface area contributed by atoms with E-state index in [1.807, 2.05) is 18.2 Å². The molecule has 5 heteroatoms. The first-order chi connectivity index (χ1) is 13.0. The maximum Gasteiger partial charge on any atom is 0.265 e. The molecule has 0 aliphatic carbocycles. The normalized spacial score (nSPS) is 11.5. The average molecular weight is 363 g/mol. The third-order valence-electron chi connectivity index (χ3n) is 3.95. The molecule has 0 saturated carbocycles. The fourth-order valence-corrected chi connectivity index (χ4v) is 2.48. The summed E-state index contributed by atoms with van der Waals surface area (Å²) in [6.07, 6.45) is -0.759. The van der Waals surface area contributed by atoms with Crippen molar-refractivity contribution in [2.45, 2.75) is 13.0 Å². The Hall–Kier alpha value is -3.47. The van der Waals surface area contributed by atoms with E-state index >= 15 is 0 Å². The molecule has 0 spiro atoms. The van der Waals surface area contributed by atoms with Crippen molar-refractivity contribution < 1.29 is 18.7 Å². The topological polar surface area (TPSA) is 55.4 Å².